The maximum Gasteiger partial charge on any atom is 0.272 e. The molecule has 0 N–H and O–H groups in total. The number of amides is 1. The Morgan fingerprint density at radius 1 is 1.33 bits per heavy atom. The average Bonchev–Trinajstić information content (AvgIpc) is 3.26. The van der Waals surface area contributed by atoms with Gasteiger partial charge in [-0.15, -0.1) is 0 Å². The number of benzene rings is 1. The number of carbonyl (C=O) groups excluding carboxylic acids is 1. The first kappa shape index (κ1) is 16.7. The van der Waals surface area contributed by atoms with Crippen LogP contribution in [0.25, 0.3) is 0 Å². The molecule has 3 rings (SSSR count). The molecule has 0 atom stereocenters. The van der Waals surface area contributed by atoms with E-state index in [1.54, 1.807) is 34.8 Å². The molecule has 5 heteroatoms. The van der Waals surface area contributed by atoms with Crippen molar-refractivity contribution in [1.29, 1.82) is 0 Å². The molecule has 0 aliphatic heterocycles. The molecule has 1 saturated carbocycles. The van der Waals surface area contributed by atoms with Crippen LogP contribution in [0.15, 0.2) is 30.3 Å². The quantitative estimate of drug-likeness (QED) is 0.858. The largest absolute Gasteiger partial charge is 0.330 e. The van der Waals surface area contributed by atoms with E-state index >= 15 is 0 Å². The van der Waals surface area contributed by atoms with E-state index in [9.17, 15) is 9.18 Å². The van der Waals surface area contributed by atoms with Gasteiger partial charge in [-0.3, -0.25) is 9.48 Å². The van der Waals surface area contributed by atoms with E-state index in [0.717, 1.165) is 18.5 Å². The fourth-order valence-electron chi connectivity index (χ4n) is 2.74. The van der Waals surface area contributed by atoms with Gasteiger partial charge in [-0.2, -0.15) is 5.10 Å². The summed E-state index contributed by atoms with van der Waals surface area (Å²) < 4.78 is 15.6. The second kappa shape index (κ2) is 6.04. The first-order chi connectivity index (χ1) is 11.3. The van der Waals surface area contributed by atoms with Gasteiger partial charge in [-0.25, -0.2) is 4.39 Å². The SMILES string of the molecule is Cn1nc(C(C)(C)C)cc1C(=O)N(Cc1ccccc1F)C1CC1. The second-order valence-electron chi connectivity index (χ2n) is 7.54. The Bertz CT molecular complexity index is 756. The molecule has 0 spiro atoms. The molecule has 2 aromatic rings. The number of halogens is 1. The van der Waals surface area contributed by atoms with E-state index in [1.165, 1.54) is 6.07 Å². The van der Waals surface area contributed by atoms with Gasteiger partial charge in [0.1, 0.15) is 11.5 Å². The van der Waals surface area contributed by atoms with Crippen molar-refractivity contribution in [2.75, 3.05) is 0 Å². The summed E-state index contributed by atoms with van der Waals surface area (Å²) >= 11 is 0. The highest BCUT2D eigenvalue weighted by Gasteiger charge is 2.35. The number of rotatable bonds is 4. The van der Waals surface area contributed by atoms with Crippen LogP contribution in [0.4, 0.5) is 4.39 Å². The Balaban J connectivity index is 1.88. The molecule has 4 nitrogen and oxygen atoms in total. The number of nitrogens with zero attached hydrogens (tertiary/aromatic N) is 3. The smallest absolute Gasteiger partial charge is 0.272 e. The predicted octanol–water partition coefficient (Wildman–Crippen LogP) is 3.66. The topological polar surface area (TPSA) is 38.1 Å². The van der Waals surface area contributed by atoms with E-state index in [1.807, 2.05) is 6.07 Å². The summed E-state index contributed by atoms with van der Waals surface area (Å²) in [7, 11) is 1.79. The zero-order valence-electron chi connectivity index (χ0n) is 14.7. The van der Waals surface area contributed by atoms with Crippen molar-refractivity contribution in [3.05, 3.63) is 53.1 Å². The molecule has 0 unspecified atom stereocenters. The van der Waals surface area contributed by atoms with Gasteiger partial charge in [-0.1, -0.05) is 39.0 Å². The third kappa shape index (κ3) is 3.35. The lowest BCUT2D eigenvalue weighted by atomic mass is 9.92. The van der Waals surface area contributed by atoms with E-state index in [4.69, 9.17) is 0 Å². The summed E-state index contributed by atoms with van der Waals surface area (Å²) in [6, 6.07) is 8.70. The molecule has 1 aromatic heterocycles. The Morgan fingerprint density at radius 3 is 2.54 bits per heavy atom. The van der Waals surface area contributed by atoms with Gasteiger partial charge in [0, 0.05) is 30.6 Å². The molecule has 24 heavy (non-hydrogen) atoms. The maximum absolute atomic E-state index is 14.0. The van der Waals surface area contributed by atoms with Crippen LogP contribution in [0.2, 0.25) is 0 Å². The van der Waals surface area contributed by atoms with Gasteiger partial charge in [0.05, 0.1) is 5.69 Å². The van der Waals surface area contributed by atoms with Crippen LogP contribution >= 0.6 is 0 Å². The summed E-state index contributed by atoms with van der Waals surface area (Å²) in [4.78, 5) is 14.8. The van der Waals surface area contributed by atoms with Crippen molar-refractivity contribution in [3.63, 3.8) is 0 Å². The van der Waals surface area contributed by atoms with Gasteiger partial charge in [0.25, 0.3) is 5.91 Å². The van der Waals surface area contributed by atoms with E-state index in [-0.39, 0.29) is 23.2 Å². The third-order valence-corrected chi connectivity index (χ3v) is 4.41. The fourth-order valence-corrected chi connectivity index (χ4v) is 2.74. The zero-order chi connectivity index (χ0) is 17.5. The highest BCUT2D eigenvalue weighted by Crippen LogP contribution is 2.31. The molecule has 0 bridgehead atoms. The lowest BCUT2D eigenvalue weighted by molar-refractivity contribution is 0.0717. The predicted molar refractivity (Wildman–Crippen MR) is 91.2 cm³/mol. The van der Waals surface area contributed by atoms with Crippen molar-refractivity contribution >= 4 is 5.91 Å². The molecule has 1 aromatic carbocycles. The Morgan fingerprint density at radius 2 is 2.00 bits per heavy atom. The Labute approximate surface area is 142 Å². The van der Waals surface area contributed by atoms with Crippen molar-refractivity contribution in [3.8, 4) is 0 Å². The van der Waals surface area contributed by atoms with Crippen molar-refractivity contribution in [2.45, 2.75) is 51.6 Å². The molecule has 128 valence electrons. The summed E-state index contributed by atoms with van der Waals surface area (Å²) in [5, 5.41) is 4.48. The molecule has 0 radical (unpaired) electrons. The molecule has 1 aliphatic carbocycles. The van der Waals surface area contributed by atoms with Crippen LogP contribution in [-0.2, 0) is 19.0 Å². The van der Waals surface area contributed by atoms with E-state index in [0.29, 0.717) is 17.8 Å². The number of hydrogen-bond donors (Lipinski definition) is 0. The minimum atomic E-state index is -0.267. The summed E-state index contributed by atoms with van der Waals surface area (Å²) in [6.07, 6.45) is 1.95. The highest BCUT2D eigenvalue weighted by molar-refractivity contribution is 5.93. The van der Waals surface area contributed by atoms with E-state index < -0.39 is 0 Å². The van der Waals surface area contributed by atoms with Crippen LogP contribution in [0.3, 0.4) is 0 Å². The monoisotopic (exact) mass is 329 g/mol. The Hall–Kier alpha value is -2.17. The molecular weight excluding hydrogens is 305 g/mol. The molecular formula is C19H24FN3O. The summed E-state index contributed by atoms with van der Waals surface area (Å²) in [5.41, 5.74) is 1.88. The number of aryl methyl sites for hydroxylation is 1. The first-order valence-corrected chi connectivity index (χ1v) is 8.36. The van der Waals surface area contributed by atoms with Crippen LogP contribution in [0, 0.1) is 5.82 Å². The summed E-state index contributed by atoms with van der Waals surface area (Å²) in [5.74, 6) is -0.345. The van der Waals surface area contributed by atoms with Gasteiger partial charge >= 0.3 is 0 Å². The maximum atomic E-state index is 14.0. The number of carbonyl (C=O) groups is 1. The molecule has 1 amide bonds. The molecule has 1 heterocycles. The van der Waals surface area contributed by atoms with Gasteiger partial charge in [0.2, 0.25) is 0 Å². The van der Waals surface area contributed by atoms with Gasteiger partial charge in [-0.05, 0) is 25.0 Å². The van der Waals surface area contributed by atoms with Gasteiger partial charge < -0.3 is 4.90 Å². The highest BCUT2D eigenvalue weighted by atomic mass is 19.1. The van der Waals surface area contributed by atoms with Crippen LogP contribution in [-0.4, -0.2) is 26.6 Å². The minimum Gasteiger partial charge on any atom is -0.330 e. The lowest BCUT2D eigenvalue weighted by Crippen LogP contribution is -2.34. The van der Waals surface area contributed by atoms with Crippen molar-refractivity contribution in [2.24, 2.45) is 7.05 Å². The van der Waals surface area contributed by atoms with Crippen LogP contribution in [0.1, 0.15) is 55.4 Å². The average molecular weight is 329 g/mol. The molecule has 1 aliphatic rings. The second-order valence-corrected chi connectivity index (χ2v) is 7.54. The minimum absolute atomic E-state index is 0.0775. The summed E-state index contributed by atoms with van der Waals surface area (Å²) in [6.45, 7) is 6.51. The van der Waals surface area contributed by atoms with Gasteiger partial charge in [0.15, 0.2) is 0 Å². The number of aromatic nitrogens is 2. The van der Waals surface area contributed by atoms with Crippen molar-refractivity contribution in [1.82, 2.24) is 14.7 Å². The van der Waals surface area contributed by atoms with E-state index in [2.05, 4.69) is 25.9 Å². The third-order valence-electron chi connectivity index (χ3n) is 4.41. The van der Waals surface area contributed by atoms with Crippen molar-refractivity contribution < 1.29 is 9.18 Å². The lowest BCUT2D eigenvalue weighted by Gasteiger charge is -2.22. The molecule has 1 fully saturated rings. The first-order valence-electron chi connectivity index (χ1n) is 8.36. The standard InChI is InChI=1S/C19H24FN3O/c1-19(2,3)17-11-16(22(4)21-17)18(24)23(14-9-10-14)12-13-7-5-6-8-15(13)20/h5-8,11,14H,9-10,12H2,1-4H3. The molecule has 0 saturated heterocycles. The van der Waals surface area contributed by atoms with Crippen LogP contribution < -0.4 is 0 Å². The zero-order valence-corrected chi connectivity index (χ0v) is 14.7. The number of hydrogen-bond acceptors (Lipinski definition) is 2. The normalized spacial score (nSPS) is 14.7. The van der Waals surface area contributed by atoms with Crippen LogP contribution in [0.5, 0.6) is 0 Å². The Kier molecular flexibility index (Phi) is 4.20. The fraction of sp³-hybridized carbons (Fsp3) is 0.474.